The maximum absolute atomic E-state index is 12.1. The Hall–Kier alpha value is -0.790. The summed E-state index contributed by atoms with van der Waals surface area (Å²) in [4.78, 5) is 24.6. The van der Waals surface area contributed by atoms with Gasteiger partial charge in [-0.05, 0) is 0 Å². The molecule has 0 bridgehead atoms. The van der Waals surface area contributed by atoms with E-state index in [0.29, 0.717) is 31.8 Å². The summed E-state index contributed by atoms with van der Waals surface area (Å²) in [5.74, 6) is 0.317. The molecule has 0 spiro atoms. The highest BCUT2D eigenvalue weighted by atomic mass is 32.2. The lowest BCUT2D eigenvalue weighted by Crippen LogP contribution is -2.51. The largest absolute Gasteiger partial charge is 0.388 e. The molecule has 0 aromatic rings. The normalized spacial score (nSPS) is 26.8. The molecule has 2 saturated heterocycles. The second kappa shape index (κ2) is 5.46. The first-order valence-electron chi connectivity index (χ1n) is 5.99. The fourth-order valence-electron chi connectivity index (χ4n) is 2.21. The lowest BCUT2D eigenvalue weighted by Gasteiger charge is -2.36. The van der Waals surface area contributed by atoms with Crippen molar-refractivity contribution >= 4 is 22.9 Å². The first-order chi connectivity index (χ1) is 8.50. The predicted octanol–water partition coefficient (Wildman–Crippen LogP) is -0.189. The van der Waals surface area contributed by atoms with Crippen LogP contribution >= 0.6 is 11.8 Å². The van der Waals surface area contributed by atoms with Crippen molar-refractivity contribution < 1.29 is 19.4 Å². The molecule has 7 heteroatoms. The van der Waals surface area contributed by atoms with Crippen molar-refractivity contribution in [2.75, 3.05) is 32.6 Å². The van der Waals surface area contributed by atoms with E-state index in [2.05, 4.69) is 5.32 Å². The Labute approximate surface area is 110 Å². The summed E-state index contributed by atoms with van der Waals surface area (Å²) in [6.07, 6.45) is 1.08. The van der Waals surface area contributed by atoms with Gasteiger partial charge in [0.25, 0.3) is 5.24 Å². The highest BCUT2D eigenvalue weighted by Gasteiger charge is 2.36. The van der Waals surface area contributed by atoms with Gasteiger partial charge < -0.3 is 20.1 Å². The van der Waals surface area contributed by atoms with Crippen molar-refractivity contribution in [3.8, 4) is 0 Å². The van der Waals surface area contributed by atoms with Crippen LogP contribution in [0.4, 0.5) is 4.79 Å². The molecule has 0 aromatic heterocycles. The van der Waals surface area contributed by atoms with Crippen molar-refractivity contribution in [2.45, 2.75) is 24.5 Å². The van der Waals surface area contributed by atoms with Crippen LogP contribution in [-0.4, -0.2) is 65.4 Å². The number of amides is 2. The molecule has 0 aliphatic carbocycles. The van der Waals surface area contributed by atoms with Gasteiger partial charge in [0.1, 0.15) is 6.04 Å². The van der Waals surface area contributed by atoms with Gasteiger partial charge >= 0.3 is 0 Å². The molecule has 0 radical (unpaired) electrons. The first-order valence-corrected chi connectivity index (χ1v) is 6.97. The smallest absolute Gasteiger partial charge is 0.279 e. The summed E-state index contributed by atoms with van der Waals surface area (Å²) >= 11 is 1.12. The van der Waals surface area contributed by atoms with Crippen molar-refractivity contribution in [3.63, 3.8) is 0 Å². The second-order valence-electron chi connectivity index (χ2n) is 4.83. The summed E-state index contributed by atoms with van der Waals surface area (Å²) in [5, 5.41) is 12.8. The Balaban J connectivity index is 1.88. The van der Waals surface area contributed by atoms with Gasteiger partial charge in [-0.2, -0.15) is 0 Å². The maximum atomic E-state index is 12.1. The molecule has 2 aliphatic rings. The van der Waals surface area contributed by atoms with Gasteiger partial charge in [-0.15, -0.1) is 0 Å². The molecule has 2 amide bonds. The third kappa shape index (κ3) is 3.15. The number of ether oxygens (including phenoxy) is 1. The van der Waals surface area contributed by atoms with Crippen molar-refractivity contribution in [1.29, 1.82) is 0 Å². The Morgan fingerprint density at radius 2 is 2.28 bits per heavy atom. The highest BCUT2D eigenvalue weighted by Crippen LogP contribution is 2.22. The third-order valence-electron chi connectivity index (χ3n) is 3.30. The summed E-state index contributed by atoms with van der Waals surface area (Å²) in [5.41, 5.74) is -0.863. The average Bonchev–Trinajstić information content (AvgIpc) is 2.75. The molecule has 2 rings (SSSR count). The van der Waals surface area contributed by atoms with Gasteiger partial charge in [-0.3, -0.25) is 9.59 Å². The zero-order chi connectivity index (χ0) is 13.2. The van der Waals surface area contributed by atoms with Crippen LogP contribution in [0.3, 0.4) is 0 Å². The van der Waals surface area contributed by atoms with E-state index >= 15 is 0 Å². The number of rotatable bonds is 3. The number of likely N-dealkylation sites (N-methyl/N-ethyl adjacent to an activating group) is 1. The first kappa shape index (κ1) is 13.6. The number of carbonyl (C=O) groups excluding carboxylic acids is 2. The van der Waals surface area contributed by atoms with Gasteiger partial charge in [0.15, 0.2) is 0 Å². The van der Waals surface area contributed by atoms with E-state index in [1.807, 2.05) is 0 Å². The molecule has 1 unspecified atom stereocenters. The van der Waals surface area contributed by atoms with Crippen LogP contribution in [0.5, 0.6) is 0 Å². The molecule has 6 nitrogen and oxygen atoms in total. The molecular formula is C11H18N2O4S. The second-order valence-corrected chi connectivity index (χ2v) is 5.82. The van der Waals surface area contributed by atoms with E-state index in [9.17, 15) is 14.7 Å². The van der Waals surface area contributed by atoms with Gasteiger partial charge in [0, 0.05) is 45.4 Å². The zero-order valence-corrected chi connectivity index (χ0v) is 11.2. The van der Waals surface area contributed by atoms with Crippen LogP contribution in [-0.2, 0) is 9.53 Å². The fraction of sp³-hybridized carbons (Fsp3) is 0.818. The Kier molecular flexibility index (Phi) is 4.14. The lowest BCUT2D eigenvalue weighted by molar-refractivity contribution is -0.137. The molecule has 0 aromatic carbocycles. The van der Waals surface area contributed by atoms with E-state index in [1.54, 1.807) is 7.05 Å². The predicted molar refractivity (Wildman–Crippen MR) is 67.4 cm³/mol. The van der Waals surface area contributed by atoms with Gasteiger partial charge in [-0.25, -0.2) is 0 Å². The average molecular weight is 274 g/mol. The lowest BCUT2D eigenvalue weighted by atomic mass is 9.94. The zero-order valence-electron chi connectivity index (χ0n) is 10.3. The summed E-state index contributed by atoms with van der Waals surface area (Å²) in [6, 6.07) is -0.462. The van der Waals surface area contributed by atoms with E-state index in [-0.39, 0.29) is 17.7 Å². The minimum Gasteiger partial charge on any atom is -0.388 e. The summed E-state index contributed by atoms with van der Waals surface area (Å²) in [7, 11) is 1.66. The Morgan fingerprint density at radius 1 is 1.61 bits per heavy atom. The molecule has 102 valence electrons. The number of carbonyl (C=O) groups is 2. The van der Waals surface area contributed by atoms with Crippen LogP contribution in [0.1, 0.15) is 12.8 Å². The third-order valence-corrected chi connectivity index (χ3v) is 4.18. The molecule has 2 fully saturated rings. The van der Waals surface area contributed by atoms with Crippen LogP contribution < -0.4 is 5.32 Å². The maximum Gasteiger partial charge on any atom is 0.279 e. The van der Waals surface area contributed by atoms with E-state index in [0.717, 1.165) is 11.8 Å². The number of nitrogens with one attached hydrogen (secondary N) is 1. The van der Waals surface area contributed by atoms with Gasteiger partial charge in [0.05, 0.1) is 5.60 Å². The van der Waals surface area contributed by atoms with Crippen molar-refractivity contribution in [3.05, 3.63) is 0 Å². The minimum atomic E-state index is -0.863. The number of hydrogen-bond acceptors (Lipinski definition) is 5. The van der Waals surface area contributed by atoms with Gasteiger partial charge in [-0.1, -0.05) is 11.8 Å². The number of hydrogen-bond donors (Lipinski definition) is 2. The van der Waals surface area contributed by atoms with Crippen LogP contribution in [0.2, 0.25) is 0 Å². The summed E-state index contributed by atoms with van der Waals surface area (Å²) in [6.45, 7) is 1.33. The number of nitrogens with zero attached hydrogens (tertiary/aromatic N) is 1. The molecule has 2 heterocycles. The topological polar surface area (TPSA) is 78.9 Å². The summed E-state index contributed by atoms with van der Waals surface area (Å²) < 4.78 is 5.20. The Bertz CT molecular complexity index is 344. The highest BCUT2D eigenvalue weighted by molar-refractivity contribution is 8.14. The van der Waals surface area contributed by atoms with Crippen LogP contribution in [0, 0.1) is 0 Å². The standard InChI is InChI=1S/C11H18N2O4S/c1-13(7-11(16)2-4-17-5-3-11)9(14)8-6-18-10(15)12-8/h8,16H,2-7H2,1H3,(H,12,15). The molecule has 2 N–H and O–H groups in total. The molecular weight excluding hydrogens is 256 g/mol. The minimum absolute atomic E-state index is 0.145. The molecule has 2 aliphatic heterocycles. The van der Waals surface area contributed by atoms with E-state index < -0.39 is 11.6 Å². The fourth-order valence-corrected chi connectivity index (χ4v) is 2.98. The molecule has 18 heavy (non-hydrogen) atoms. The van der Waals surface area contributed by atoms with Gasteiger partial charge in [0.2, 0.25) is 5.91 Å². The van der Waals surface area contributed by atoms with Crippen molar-refractivity contribution in [1.82, 2.24) is 10.2 Å². The Morgan fingerprint density at radius 3 is 2.83 bits per heavy atom. The monoisotopic (exact) mass is 274 g/mol. The van der Waals surface area contributed by atoms with E-state index in [4.69, 9.17) is 4.74 Å². The number of aliphatic hydroxyl groups is 1. The van der Waals surface area contributed by atoms with E-state index in [1.165, 1.54) is 4.90 Å². The number of thioether (sulfide) groups is 1. The van der Waals surface area contributed by atoms with Crippen molar-refractivity contribution in [2.24, 2.45) is 0 Å². The molecule has 1 atom stereocenters. The quantitative estimate of drug-likeness (QED) is 0.746. The SMILES string of the molecule is CN(CC1(O)CCOCC1)C(=O)C1CSC(=O)N1. The van der Waals surface area contributed by atoms with Crippen LogP contribution in [0.15, 0.2) is 0 Å². The molecule has 0 saturated carbocycles. The van der Waals surface area contributed by atoms with Crippen LogP contribution in [0.25, 0.3) is 0 Å².